The molecule has 3 rings (SSSR count). The molecule has 0 spiro atoms. The summed E-state index contributed by atoms with van der Waals surface area (Å²) in [6, 6.07) is 16.8. The Kier molecular flexibility index (Phi) is 4.47. The zero-order valence-corrected chi connectivity index (χ0v) is 13.2. The van der Waals surface area contributed by atoms with Crippen molar-refractivity contribution in [1.29, 1.82) is 0 Å². The van der Waals surface area contributed by atoms with Gasteiger partial charge in [-0.3, -0.25) is 4.79 Å². The summed E-state index contributed by atoms with van der Waals surface area (Å²) in [6.45, 7) is 0. The first-order valence-electron chi connectivity index (χ1n) is 7.49. The van der Waals surface area contributed by atoms with Crippen LogP contribution in [0.3, 0.4) is 0 Å². The first-order chi connectivity index (χ1) is 11.7. The monoisotopic (exact) mass is 322 g/mol. The standard InChI is InChI=1S/C18H18N4O2/c1-24-16-10-6-5-9-15(16)20-18(23)14-11-12-22(21-17(14)19)13-7-3-2-4-8-13/h2-12,14H,1H3,(H2,19,21)(H,20,23). The first-order valence-corrected chi connectivity index (χ1v) is 7.49. The Labute approximate surface area is 140 Å². The molecule has 0 saturated carbocycles. The predicted octanol–water partition coefficient (Wildman–Crippen LogP) is 2.56. The molecule has 1 atom stereocenters. The molecule has 0 saturated heterocycles. The number of hydrazone groups is 1. The molecular formula is C18H18N4O2. The fourth-order valence-corrected chi connectivity index (χ4v) is 2.39. The lowest BCUT2D eigenvalue weighted by Crippen LogP contribution is -2.37. The minimum Gasteiger partial charge on any atom is -0.495 e. The number of carbonyl (C=O) groups is 1. The van der Waals surface area contributed by atoms with Crippen LogP contribution in [0, 0.1) is 5.92 Å². The van der Waals surface area contributed by atoms with Gasteiger partial charge in [-0.2, -0.15) is 5.10 Å². The summed E-state index contributed by atoms with van der Waals surface area (Å²) < 4.78 is 5.23. The average Bonchev–Trinajstić information content (AvgIpc) is 2.62. The van der Waals surface area contributed by atoms with Gasteiger partial charge in [0.25, 0.3) is 0 Å². The van der Waals surface area contributed by atoms with Crippen molar-refractivity contribution in [3.8, 4) is 5.75 Å². The lowest BCUT2D eigenvalue weighted by molar-refractivity contribution is -0.117. The van der Waals surface area contributed by atoms with E-state index in [4.69, 9.17) is 10.5 Å². The number of carbonyl (C=O) groups excluding carboxylic acids is 1. The van der Waals surface area contributed by atoms with Gasteiger partial charge < -0.3 is 15.8 Å². The van der Waals surface area contributed by atoms with Crippen LogP contribution < -0.4 is 20.8 Å². The predicted molar refractivity (Wildman–Crippen MR) is 94.8 cm³/mol. The van der Waals surface area contributed by atoms with Gasteiger partial charge in [-0.25, -0.2) is 5.01 Å². The Bertz CT molecular complexity index is 787. The Morgan fingerprint density at radius 3 is 2.58 bits per heavy atom. The van der Waals surface area contributed by atoms with Crippen LogP contribution in [0.15, 0.2) is 72.0 Å². The van der Waals surface area contributed by atoms with E-state index in [2.05, 4.69) is 10.4 Å². The third-order valence-corrected chi connectivity index (χ3v) is 3.63. The van der Waals surface area contributed by atoms with Crippen LogP contribution in [0.25, 0.3) is 0 Å². The lowest BCUT2D eigenvalue weighted by Gasteiger charge is -2.23. The van der Waals surface area contributed by atoms with E-state index in [9.17, 15) is 4.79 Å². The van der Waals surface area contributed by atoms with E-state index in [1.54, 1.807) is 36.5 Å². The first kappa shape index (κ1) is 15.6. The molecular weight excluding hydrogens is 304 g/mol. The molecule has 6 heteroatoms. The molecule has 0 aliphatic carbocycles. The largest absolute Gasteiger partial charge is 0.495 e. The maximum absolute atomic E-state index is 12.5. The van der Waals surface area contributed by atoms with Gasteiger partial charge in [-0.1, -0.05) is 30.3 Å². The van der Waals surface area contributed by atoms with Gasteiger partial charge in [0.2, 0.25) is 5.91 Å². The number of hydrogen-bond acceptors (Lipinski definition) is 5. The third kappa shape index (κ3) is 3.22. The van der Waals surface area contributed by atoms with Gasteiger partial charge in [0.15, 0.2) is 0 Å². The number of anilines is 2. The Balaban J connectivity index is 1.74. The second-order valence-electron chi connectivity index (χ2n) is 5.21. The van der Waals surface area contributed by atoms with Crippen molar-refractivity contribution in [2.75, 3.05) is 17.4 Å². The molecule has 3 N–H and O–H groups in total. The molecule has 1 unspecified atom stereocenters. The maximum atomic E-state index is 12.5. The molecule has 0 fully saturated rings. The molecule has 2 aromatic carbocycles. The summed E-state index contributed by atoms with van der Waals surface area (Å²) in [4.78, 5) is 12.5. The van der Waals surface area contributed by atoms with E-state index in [-0.39, 0.29) is 11.7 Å². The van der Waals surface area contributed by atoms with E-state index in [0.29, 0.717) is 11.4 Å². The summed E-state index contributed by atoms with van der Waals surface area (Å²) >= 11 is 0. The molecule has 1 aliphatic heterocycles. The van der Waals surface area contributed by atoms with E-state index < -0.39 is 5.92 Å². The molecule has 0 bridgehead atoms. The normalized spacial score (nSPS) is 16.5. The molecule has 122 valence electrons. The molecule has 1 amide bonds. The number of ether oxygens (including phenoxy) is 1. The quantitative estimate of drug-likeness (QED) is 0.906. The Morgan fingerprint density at radius 1 is 1.17 bits per heavy atom. The van der Waals surface area contributed by atoms with Crippen LogP contribution in [0.2, 0.25) is 0 Å². The van der Waals surface area contributed by atoms with E-state index >= 15 is 0 Å². The maximum Gasteiger partial charge on any atom is 0.239 e. The highest BCUT2D eigenvalue weighted by atomic mass is 16.5. The van der Waals surface area contributed by atoms with Crippen LogP contribution in [0.4, 0.5) is 11.4 Å². The van der Waals surface area contributed by atoms with E-state index in [0.717, 1.165) is 5.69 Å². The van der Waals surface area contributed by atoms with Crippen LogP contribution >= 0.6 is 0 Å². The topological polar surface area (TPSA) is 80.0 Å². The number of nitrogens with zero attached hydrogens (tertiary/aromatic N) is 2. The number of methoxy groups -OCH3 is 1. The summed E-state index contributed by atoms with van der Waals surface area (Å²) in [7, 11) is 1.55. The number of para-hydroxylation sites is 3. The van der Waals surface area contributed by atoms with Crippen molar-refractivity contribution < 1.29 is 9.53 Å². The second kappa shape index (κ2) is 6.87. The van der Waals surface area contributed by atoms with Gasteiger partial charge in [0, 0.05) is 6.20 Å². The molecule has 24 heavy (non-hydrogen) atoms. The SMILES string of the molecule is COc1ccccc1NC(=O)C1C=CN(c2ccccc2)N=C1N. The highest BCUT2D eigenvalue weighted by molar-refractivity contribution is 6.10. The van der Waals surface area contributed by atoms with Crippen molar-refractivity contribution >= 4 is 23.1 Å². The van der Waals surface area contributed by atoms with Crippen molar-refractivity contribution in [3.05, 3.63) is 66.9 Å². The van der Waals surface area contributed by atoms with Crippen LogP contribution in [-0.2, 0) is 4.79 Å². The summed E-state index contributed by atoms with van der Waals surface area (Å²) in [5, 5.41) is 8.75. The van der Waals surface area contributed by atoms with E-state index in [1.807, 2.05) is 42.5 Å². The molecule has 2 aromatic rings. The van der Waals surface area contributed by atoms with Crippen molar-refractivity contribution in [1.82, 2.24) is 0 Å². The molecule has 0 aromatic heterocycles. The number of rotatable bonds is 4. The minimum atomic E-state index is -0.630. The number of nitrogens with one attached hydrogen (secondary N) is 1. The van der Waals surface area contributed by atoms with Crippen molar-refractivity contribution in [2.24, 2.45) is 16.8 Å². The smallest absolute Gasteiger partial charge is 0.239 e. The molecule has 1 heterocycles. The van der Waals surface area contributed by atoms with Gasteiger partial charge in [0.05, 0.1) is 18.5 Å². The second-order valence-corrected chi connectivity index (χ2v) is 5.21. The molecule has 6 nitrogen and oxygen atoms in total. The molecule has 1 aliphatic rings. The average molecular weight is 322 g/mol. The zero-order valence-electron chi connectivity index (χ0n) is 13.2. The van der Waals surface area contributed by atoms with Gasteiger partial charge in [-0.05, 0) is 30.3 Å². The van der Waals surface area contributed by atoms with Gasteiger partial charge >= 0.3 is 0 Å². The van der Waals surface area contributed by atoms with E-state index in [1.165, 1.54) is 0 Å². The fourth-order valence-electron chi connectivity index (χ4n) is 2.39. The van der Waals surface area contributed by atoms with Crippen LogP contribution in [0.5, 0.6) is 5.75 Å². The number of amidine groups is 1. The summed E-state index contributed by atoms with van der Waals surface area (Å²) in [5.41, 5.74) is 7.47. The number of hydrogen-bond donors (Lipinski definition) is 2. The Morgan fingerprint density at radius 2 is 1.88 bits per heavy atom. The fraction of sp³-hybridized carbons (Fsp3) is 0.111. The van der Waals surface area contributed by atoms with Crippen molar-refractivity contribution in [3.63, 3.8) is 0 Å². The summed E-state index contributed by atoms with van der Waals surface area (Å²) in [5.74, 6) is -0.0691. The van der Waals surface area contributed by atoms with Crippen LogP contribution in [-0.4, -0.2) is 18.9 Å². The minimum absolute atomic E-state index is 0.230. The number of nitrogens with two attached hydrogens (primary N) is 1. The van der Waals surface area contributed by atoms with Crippen molar-refractivity contribution in [2.45, 2.75) is 0 Å². The highest BCUT2D eigenvalue weighted by Crippen LogP contribution is 2.25. The van der Waals surface area contributed by atoms with Crippen LogP contribution in [0.1, 0.15) is 0 Å². The number of amides is 1. The third-order valence-electron chi connectivity index (χ3n) is 3.63. The highest BCUT2D eigenvalue weighted by Gasteiger charge is 2.25. The van der Waals surface area contributed by atoms with Gasteiger partial charge in [0.1, 0.15) is 17.5 Å². The Hall–Kier alpha value is -3.28. The summed E-state index contributed by atoms with van der Waals surface area (Å²) in [6.07, 6.45) is 3.46. The molecule has 0 radical (unpaired) electrons. The zero-order chi connectivity index (χ0) is 16.9. The lowest BCUT2D eigenvalue weighted by atomic mass is 10.1. The number of benzene rings is 2. The van der Waals surface area contributed by atoms with Gasteiger partial charge in [-0.15, -0.1) is 0 Å².